The molecule has 3 nitrogen and oxygen atoms in total. The zero-order chi connectivity index (χ0) is 10.4. The fourth-order valence-corrected chi connectivity index (χ4v) is 0.888. The Morgan fingerprint density at radius 3 is 2.64 bits per heavy atom. The normalized spacial score (nSPS) is 11.1. The second-order valence-electron chi connectivity index (χ2n) is 2.81. The van der Waals surface area contributed by atoms with Crippen molar-refractivity contribution in [1.82, 2.24) is 0 Å². The molecule has 0 spiro atoms. The smallest absolute Gasteiger partial charge is 0.337 e. The molecule has 0 bridgehead atoms. The summed E-state index contributed by atoms with van der Waals surface area (Å²) in [4.78, 5) is 11.2. The van der Waals surface area contributed by atoms with Crippen LogP contribution >= 0.6 is 0 Å². The van der Waals surface area contributed by atoms with Crippen molar-refractivity contribution >= 4 is 5.97 Å². The lowest BCUT2D eigenvalue weighted by atomic mass is 10.3. The van der Waals surface area contributed by atoms with Gasteiger partial charge in [0, 0.05) is 11.8 Å². The van der Waals surface area contributed by atoms with E-state index in [-0.39, 0.29) is 0 Å². The third-order valence-corrected chi connectivity index (χ3v) is 1.67. The average Bonchev–Trinajstić information content (AvgIpc) is 2.19. The molecule has 0 radical (unpaired) electrons. The number of rotatable bonds is 3. The van der Waals surface area contributed by atoms with Crippen molar-refractivity contribution in [2.24, 2.45) is 5.73 Å². The van der Waals surface area contributed by atoms with Gasteiger partial charge in [0.1, 0.15) is 5.75 Å². The molecular weight excluding hydrogens is 178 g/mol. The van der Waals surface area contributed by atoms with Crippen LogP contribution in [0.25, 0.3) is 0 Å². The molecule has 3 heteroatoms. The van der Waals surface area contributed by atoms with Crippen LogP contribution in [0.1, 0.15) is 13.3 Å². The highest BCUT2D eigenvalue weighted by Gasteiger charge is 2.00. The summed E-state index contributed by atoms with van der Waals surface area (Å²) in [6.07, 6.45) is 1.94. The first-order valence-electron chi connectivity index (χ1n) is 4.45. The Labute approximate surface area is 83.2 Å². The van der Waals surface area contributed by atoms with Crippen molar-refractivity contribution in [3.8, 4) is 5.75 Å². The highest BCUT2D eigenvalue weighted by Crippen LogP contribution is 2.08. The van der Waals surface area contributed by atoms with E-state index < -0.39 is 5.97 Å². The molecular formula is C11H13NO2. The Balaban J connectivity index is 2.58. The van der Waals surface area contributed by atoms with E-state index in [1.165, 1.54) is 6.08 Å². The Bertz CT molecular complexity index is 330. The second kappa shape index (κ2) is 5.07. The molecule has 14 heavy (non-hydrogen) atoms. The van der Waals surface area contributed by atoms with Crippen LogP contribution in [0, 0.1) is 0 Å². The number of esters is 1. The molecule has 0 aliphatic carbocycles. The lowest BCUT2D eigenvalue weighted by molar-refractivity contribution is -0.129. The minimum Gasteiger partial charge on any atom is -0.423 e. The van der Waals surface area contributed by atoms with Gasteiger partial charge in [-0.05, 0) is 18.6 Å². The van der Waals surface area contributed by atoms with Crippen molar-refractivity contribution in [3.05, 3.63) is 42.1 Å². The van der Waals surface area contributed by atoms with Crippen LogP contribution in [0.15, 0.2) is 42.1 Å². The van der Waals surface area contributed by atoms with Crippen LogP contribution in [0.4, 0.5) is 0 Å². The van der Waals surface area contributed by atoms with Gasteiger partial charge in [0.15, 0.2) is 0 Å². The van der Waals surface area contributed by atoms with Gasteiger partial charge >= 0.3 is 5.97 Å². The lowest BCUT2D eigenvalue weighted by Crippen LogP contribution is -2.07. The van der Waals surface area contributed by atoms with E-state index in [0.717, 1.165) is 0 Å². The predicted octanol–water partition coefficient (Wildman–Crippen LogP) is 1.84. The van der Waals surface area contributed by atoms with Crippen molar-refractivity contribution in [2.75, 3.05) is 0 Å². The molecule has 1 aromatic carbocycles. The maximum absolute atomic E-state index is 11.2. The predicted molar refractivity (Wildman–Crippen MR) is 54.6 cm³/mol. The first-order chi connectivity index (χ1) is 6.72. The highest BCUT2D eigenvalue weighted by atomic mass is 16.5. The van der Waals surface area contributed by atoms with Crippen LogP contribution in [-0.4, -0.2) is 5.97 Å². The van der Waals surface area contributed by atoms with Crippen molar-refractivity contribution in [3.63, 3.8) is 0 Å². The zero-order valence-corrected chi connectivity index (χ0v) is 8.07. The van der Waals surface area contributed by atoms with Crippen molar-refractivity contribution in [1.29, 1.82) is 0 Å². The summed E-state index contributed by atoms with van der Waals surface area (Å²) in [5, 5.41) is 0. The van der Waals surface area contributed by atoms with Crippen LogP contribution < -0.4 is 10.5 Å². The topological polar surface area (TPSA) is 52.3 Å². The van der Waals surface area contributed by atoms with Crippen molar-refractivity contribution < 1.29 is 9.53 Å². The highest BCUT2D eigenvalue weighted by molar-refractivity contribution is 5.84. The molecule has 0 unspecified atom stereocenters. The van der Waals surface area contributed by atoms with E-state index in [1.54, 1.807) is 24.3 Å². The molecule has 0 aliphatic heterocycles. The van der Waals surface area contributed by atoms with Gasteiger partial charge in [-0.3, -0.25) is 0 Å². The number of carbonyl (C=O) groups is 1. The minimum atomic E-state index is -0.435. The Morgan fingerprint density at radius 1 is 1.43 bits per heavy atom. The van der Waals surface area contributed by atoms with Gasteiger partial charge in [0.05, 0.1) is 0 Å². The summed E-state index contributed by atoms with van der Waals surface area (Å²) < 4.78 is 4.99. The molecule has 0 heterocycles. The summed E-state index contributed by atoms with van der Waals surface area (Å²) in [6.45, 7) is 1.88. The number of allylic oxidation sites excluding steroid dienone is 1. The maximum Gasteiger partial charge on any atom is 0.337 e. The van der Waals surface area contributed by atoms with E-state index >= 15 is 0 Å². The maximum atomic E-state index is 11.2. The molecule has 2 N–H and O–H groups in total. The summed E-state index contributed by atoms with van der Waals surface area (Å²) in [7, 11) is 0. The average molecular weight is 191 g/mol. The van der Waals surface area contributed by atoms with Crippen LogP contribution in [0.3, 0.4) is 0 Å². The molecule has 1 aromatic rings. The van der Waals surface area contributed by atoms with Gasteiger partial charge in [0.2, 0.25) is 0 Å². The summed E-state index contributed by atoms with van der Waals surface area (Å²) in [5.41, 5.74) is 6.01. The number of hydrogen-bond donors (Lipinski definition) is 1. The standard InChI is InChI=1S/C11H13NO2/c1-2-9(12)8-11(13)14-10-6-4-3-5-7-10/h3-8H,2,12H2,1H3. The molecule has 1 rings (SSSR count). The quantitative estimate of drug-likeness (QED) is 0.450. The van der Waals surface area contributed by atoms with E-state index in [9.17, 15) is 4.79 Å². The van der Waals surface area contributed by atoms with Crippen LogP contribution in [0.2, 0.25) is 0 Å². The number of nitrogens with two attached hydrogens (primary N) is 1. The van der Waals surface area contributed by atoms with E-state index in [2.05, 4.69) is 0 Å². The Hall–Kier alpha value is -1.77. The summed E-state index contributed by atoms with van der Waals surface area (Å²) in [6, 6.07) is 8.89. The van der Waals surface area contributed by atoms with Gasteiger partial charge in [-0.2, -0.15) is 0 Å². The largest absolute Gasteiger partial charge is 0.423 e. The molecule has 74 valence electrons. The summed E-state index contributed by atoms with van der Waals surface area (Å²) >= 11 is 0. The van der Waals surface area contributed by atoms with Crippen molar-refractivity contribution in [2.45, 2.75) is 13.3 Å². The van der Waals surface area contributed by atoms with Gasteiger partial charge < -0.3 is 10.5 Å². The fourth-order valence-electron chi connectivity index (χ4n) is 0.888. The number of hydrogen-bond acceptors (Lipinski definition) is 3. The van der Waals surface area contributed by atoms with Gasteiger partial charge in [-0.25, -0.2) is 4.79 Å². The minimum absolute atomic E-state index is 0.435. The first kappa shape index (κ1) is 10.3. The molecule has 0 saturated heterocycles. The number of benzene rings is 1. The van der Waals surface area contributed by atoms with E-state index in [1.807, 2.05) is 13.0 Å². The zero-order valence-electron chi connectivity index (χ0n) is 8.07. The number of carbonyl (C=O) groups excluding carboxylic acids is 1. The van der Waals surface area contributed by atoms with Crippen LogP contribution in [0.5, 0.6) is 5.75 Å². The molecule has 0 saturated carbocycles. The fraction of sp³-hybridized carbons (Fsp3) is 0.182. The Morgan fingerprint density at radius 2 is 2.07 bits per heavy atom. The van der Waals surface area contributed by atoms with E-state index in [0.29, 0.717) is 17.9 Å². The molecule has 0 aliphatic rings. The SMILES string of the molecule is CCC(N)=CC(=O)Oc1ccccc1. The lowest BCUT2D eigenvalue weighted by Gasteiger charge is -2.00. The third kappa shape index (κ3) is 3.31. The molecule has 0 aromatic heterocycles. The molecule has 0 atom stereocenters. The summed E-state index contributed by atoms with van der Waals surface area (Å²) in [5.74, 6) is 0.0909. The number of ether oxygens (including phenoxy) is 1. The second-order valence-corrected chi connectivity index (χ2v) is 2.81. The van der Waals surface area contributed by atoms with Gasteiger partial charge in [-0.15, -0.1) is 0 Å². The third-order valence-electron chi connectivity index (χ3n) is 1.67. The first-order valence-corrected chi connectivity index (χ1v) is 4.45. The van der Waals surface area contributed by atoms with E-state index in [4.69, 9.17) is 10.5 Å². The molecule has 0 amide bonds. The van der Waals surface area contributed by atoms with Gasteiger partial charge in [-0.1, -0.05) is 25.1 Å². The monoisotopic (exact) mass is 191 g/mol. The van der Waals surface area contributed by atoms with Crippen LogP contribution in [-0.2, 0) is 4.79 Å². The molecule has 0 fully saturated rings. The Kier molecular flexibility index (Phi) is 3.73. The number of para-hydroxylation sites is 1. The van der Waals surface area contributed by atoms with Gasteiger partial charge in [0.25, 0.3) is 0 Å².